The van der Waals surface area contributed by atoms with Crippen molar-refractivity contribution in [2.45, 2.75) is 39.5 Å². The van der Waals surface area contributed by atoms with Gasteiger partial charge in [-0.2, -0.15) is 0 Å². The monoisotopic (exact) mass is 594 g/mol. The molecule has 3 aromatic carbocycles. The fraction of sp³-hybridized carbons (Fsp3) is 0.212. The van der Waals surface area contributed by atoms with E-state index in [1.165, 1.54) is 0 Å². The van der Waals surface area contributed by atoms with Crippen molar-refractivity contribution in [3.05, 3.63) is 140 Å². The molecule has 218 valence electrons. The van der Waals surface area contributed by atoms with Gasteiger partial charge in [-0.25, -0.2) is 4.68 Å². The molecule has 0 aliphatic rings. The highest BCUT2D eigenvalue weighted by Gasteiger charge is 2.32. The number of aromatic amines is 1. The summed E-state index contributed by atoms with van der Waals surface area (Å²) >= 11 is 6.69. The average Bonchev–Trinajstić information content (AvgIpc) is 3.70. The Morgan fingerprint density at radius 2 is 1.79 bits per heavy atom. The van der Waals surface area contributed by atoms with Crippen LogP contribution in [0.5, 0.6) is 5.75 Å². The summed E-state index contributed by atoms with van der Waals surface area (Å²) in [5, 5.41) is 14.5. The van der Waals surface area contributed by atoms with E-state index in [0.717, 1.165) is 38.9 Å². The second-order valence-corrected chi connectivity index (χ2v) is 11.0. The van der Waals surface area contributed by atoms with Crippen LogP contribution >= 0.6 is 11.6 Å². The summed E-state index contributed by atoms with van der Waals surface area (Å²) in [6, 6.07) is 24.7. The van der Waals surface area contributed by atoms with Crippen molar-refractivity contribution in [2.24, 2.45) is 0 Å². The Labute approximate surface area is 253 Å². The largest absolute Gasteiger partial charge is 0.497 e. The van der Waals surface area contributed by atoms with Gasteiger partial charge in [-0.05, 0) is 82.9 Å². The first-order valence-electron chi connectivity index (χ1n) is 13.9. The van der Waals surface area contributed by atoms with Gasteiger partial charge in [0.05, 0.1) is 18.9 Å². The second-order valence-electron chi connectivity index (χ2n) is 10.6. The van der Waals surface area contributed by atoms with Gasteiger partial charge in [0.2, 0.25) is 0 Å². The zero-order valence-electron chi connectivity index (χ0n) is 24.1. The van der Waals surface area contributed by atoms with Crippen molar-refractivity contribution < 1.29 is 9.15 Å². The molecule has 10 heteroatoms. The molecule has 3 heterocycles. The Hall–Kier alpha value is -4.73. The maximum atomic E-state index is 14.0. The Morgan fingerprint density at radius 1 is 1.00 bits per heavy atom. The van der Waals surface area contributed by atoms with E-state index >= 15 is 0 Å². The van der Waals surface area contributed by atoms with Gasteiger partial charge in [0.1, 0.15) is 24.1 Å². The average molecular weight is 595 g/mol. The van der Waals surface area contributed by atoms with Gasteiger partial charge in [-0.1, -0.05) is 54.1 Å². The summed E-state index contributed by atoms with van der Waals surface area (Å²) in [5.41, 5.74) is 5.11. The number of pyridine rings is 1. The zero-order chi connectivity index (χ0) is 29.9. The highest BCUT2D eigenvalue weighted by atomic mass is 35.5. The lowest BCUT2D eigenvalue weighted by Crippen LogP contribution is -2.35. The maximum absolute atomic E-state index is 14.0. The lowest BCUT2D eigenvalue weighted by Gasteiger charge is -2.31. The molecule has 0 radical (unpaired) electrons. The Morgan fingerprint density at radius 3 is 2.53 bits per heavy atom. The number of methoxy groups -OCH3 is 1. The van der Waals surface area contributed by atoms with E-state index in [4.69, 9.17) is 20.8 Å². The summed E-state index contributed by atoms with van der Waals surface area (Å²) in [6.07, 6.45) is 1.61. The molecule has 0 spiro atoms. The number of hydrogen-bond acceptors (Lipinski definition) is 7. The molecular formula is C33H31ClN6O3. The van der Waals surface area contributed by atoms with Crippen LogP contribution < -0.4 is 10.3 Å². The van der Waals surface area contributed by atoms with Crippen molar-refractivity contribution >= 4 is 22.5 Å². The van der Waals surface area contributed by atoms with Crippen LogP contribution in [0.1, 0.15) is 45.4 Å². The predicted octanol–water partition coefficient (Wildman–Crippen LogP) is 6.23. The maximum Gasteiger partial charge on any atom is 0.253 e. The zero-order valence-corrected chi connectivity index (χ0v) is 24.9. The highest BCUT2D eigenvalue weighted by Crippen LogP contribution is 2.33. The predicted molar refractivity (Wildman–Crippen MR) is 165 cm³/mol. The van der Waals surface area contributed by atoms with Crippen LogP contribution in [0.25, 0.3) is 10.9 Å². The molecule has 6 rings (SSSR count). The summed E-state index contributed by atoms with van der Waals surface area (Å²) in [5.74, 6) is 1.96. The first-order chi connectivity index (χ1) is 20.9. The summed E-state index contributed by atoms with van der Waals surface area (Å²) in [4.78, 5) is 19.3. The quantitative estimate of drug-likeness (QED) is 0.201. The first kappa shape index (κ1) is 28.4. The Bertz CT molecular complexity index is 1910. The lowest BCUT2D eigenvalue weighted by molar-refractivity contribution is 0.193. The van der Waals surface area contributed by atoms with Gasteiger partial charge in [-0.3, -0.25) is 9.69 Å². The van der Waals surface area contributed by atoms with Gasteiger partial charge in [0.25, 0.3) is 5.56 Å². The number of aromatic nitrogens is 5. The van der Waals surface area contributed by atoms with Gasteiger partial charge >= 0.3 is 0 Å². The smallest absolute Gasteiger partial charge is 0.253 e. The number of benzene rings is 3. The van der Waals surface area contributed by atoms with Crippen LogP contribution in [0.3, 0.4) is 0 Å². The van der Waals surface area contributed by atoms with Crippen molar-refractivity contribution in [3.8, 4) is 5.75 Å². The SMILES string of the molecule is COc1ccc(CN(Cc2ccccc2Cl)[C@@H](c2cc3c(C)ccc(C)c3[nH]c2=O)c2nnnn2Cc2ccco2)cc1. The van der Waals surface area contributed by atoms with E-state index < -0.39 is 6.04 Å². The number of nitrogens with one attached hydrogen (secondary N) is 1. The minimum atomic E-state index is -0.642. The molecule has 1 N–H and O–H groups in total. The number of H-pyrrole nitrogens is 1. The lowest BCUT2D eigenvalue weighted by atomic mass is 9.98. The fourth-order valence-electron chi connectivity index (χ4n) is 5.41. The molecule has 0 aliphatic carbocycles. The second kappa shape index (κ2) is 12.2. The molecule has 0 fully saturated rings. The normalized spacial score (nSPS) is 12.2. The molecule has 0 aliphatic heterocycles. The number of furan rings is 1. The summed E-state index contributed by atoms with van der Waals surface area (Å²) < 4.78 is 12.7. The standard InChI is InChI=1S/C33H31ClN6O3/c1-21-10-11-22(2)30-27(21)17-28(33(41)35-30)31(32-36-37-38-40(32)20-26-8-6-16-43-26)39(19-24-7-4-5-9-29(24)34)18-23-12-14-25(42-3)15-13-23/h4-17,31H,18-20H2,1-3H3,(H,35,41)/t31-/m0/s1. The van der Waals surface area contributed by atoms with Crippen LogP contribution in [0.4, 0.5) is 0 Å². The fourth-order valence-corrected chi connectivity index (χ4v) is 5.61. The summed E-state index contributed by atoms with van der Waals surface area (Å²) in [7, 11) is 1.64. The topological polar surface area (TPSA) is 102 Å². The van der Waals surface area contributed by atoms with Crippen LogP contribution in [0, 0.1) is 13.8 Å². The number of hydrogen-bond donors (Lipinski definition) is 1. The van der Waals surface area contributed by atoms with Gasteiger partial charge < -0.3 is 14.1 Å². The number of rotatable bonds is 10. The Balaban J connectivity index is 1.55. The molecule has 0 saturated heterocycles. The van der Waals surface area contributed by atoms with Crippen LogP contribution in [-0.4, -0.2) is 37.2 Å². The van der Waals surface area contributed by atoms with E-state index in [0.29, 0.717) is 41.8 Å². The number of tetrazole rings is 1. The Kier molecular flexibility index (Phi) is 8.09. The van der Waals surface area contributed by atoms with Gasteiger partial charge in [-0.15, -0.1) is 5.10 Å². The minimum Gasteiger partial charge on any atom is -0.497 e. The molecular weight excluding hydrogens is 564 g/mol. The van der Waals surface area contributed by atoms with Crippen LogP contribution in [-0.2, 0) is 19.6 Å². The molecule has 43 heavy (non-hydrogen) atoms. The molecule has 9 nitrogen and oxygen atoms in total. The third-order valence-electron chi connectivity index (χ3n) is 7.70. The van der Waals surface area contributed by atoms with Gasteiger partial charge in [0, 0.05) is 29.1 Å². The third-order valence-corrected chi connectivity index (χ3v) is 8.07. The van der Waals surface area contributed by atoms with E-state index in [1.807, 2.05) is 86.6 Å². The number of ether oxygens (including phenoxy) is 1. The van der Waals surface area contributed by atoms with Crippen molar-refractivity contribution in [1.29, 1.82) is 0 Å². The molecule has 1 atom stereocenters. The molecule has 0 saturated carbocycles. The molecule has 0 amide bonds. The number of aryl methyl sites for hydroxylation is 2. The first-order valence-corrected chi connectivity index (χ1v) is 14.3. The van der Waals surface area contributed by atoms with Crippen molar-refractivity contribution in [3.63, 3.8) is 0 Å². The van der Waals surface area contributed by atoms with Crippen LogP contribution in [0.15, 0.2) is 94.3 Å². The van der Waals surface area contributed by atoms with Crippen molar-refractivity contribution in [2.75, 3.05) is 7.11 Å². The van der Waals surface area contributed by atoms with E-state index in [2.05, 4.69) is 31.5 Å². The molecule has 6 aromatic rings. The molecule has 0 bridgehead atoms. The van der Waals surface area contributed by atoms with E-state index in [1.54, 1.807) is 18.1 Å². The van der Waals surface area contributed by atoms with Crippen molar-refractivity contribution in [1.82, 2.24) is 30.1 Å². The third kappa shape index (κ3) is 5.95. The number of halogens is 1. The highest BCUT2D eigenvalue weighted by molar-refractivity contribution is 6.31. The number of nitrogens with zero attached hydrogens (tertiary/aromatic N) is 5. The molecule has 0 unspecified atom stereocenters. The van der Waals surface area contributed by atoms with Crippen LogP contribution in [0.2, 0.25) is 5.02 Å². The van der Waals surface area contributed by atoms with E-state index in [-0.39, 0.29) is 5.56 Å². The van der Waals surface area contributed by atoms with Gasteiger partial charge in [0.15, 0.2) is 5.82 Å². The summed E-state index contributed by atoms with van der Waals surface area (Å²) in [6.45, 7) is 5.23. The molecule has 3 aromatic heterocycles. The van der Waals surface area contributed by atoms with E-state index in [9.17, 15) is 4.79 Å². The minimum absolute atomic E-state index is 0.211. The number of fused-ring (bicyclic) bond motifs is 1.